The van der Waals surface area contributed by atoms with Gasteiger partial charge in [-0.15, -0.1) is 0 Å². The lowest BCUT2D eigenvalue weighted by molar-refractivity contribution is 0.0600. The van der Waals surface area contributed by atoms with E-state index in [-0.39, 0.29) is 5.56 Å². The highest BCUT2D eigenvalue weighted by atomic mass is 16.5. The number of methoxy groups -OCH3 is 1. The molecule has 0 radical (unpaired) electrons. The van der Waals surface area contributed by atoms with Crippen molar-refractivity contribution in [1.82, 2.24) is 9.55 Å². The standard InChI is InChI=1S/C26H20N2O3/c1-31-26(30)22-11-5-10-20(15-22)17-28-18-24-21(16-25(28)29)13-14-23(27-24)12-6-9-19-7-3-2-4-8-19/h2-5,7-8,10-11,13-16,18H,9,17H2,1H3. The largest absolute Gasteiger partial charge is 0.465 e. The van der Waals surface area contributed by atoms with Crippen LogP contribution >= 0.6 is 0 Å². The minimum atomic E-state index is -0.409. The fourth-order valence-corrected chi connectivity index (χ4v) is 3.28. The van der Waals surface area contributed by atoms with Crippen molar-refractivity contribution in [2.24, 2.45) is 0 Å². The van der Waals surface area contributed by atoms with E-state index in [4.69, 9.17) is 4.74 Å². The number of carbonyl (C=O) groups excluding carboxylic acids is 1. The summed E-state index contributed by atoms with van der Waals surface area (Å²) in [7, 11) is 1.34. The second-order valence-corrected chi connectivity index (χ2v) is 7.07. The van der Waals surface area contributed by atoms with Crippen molar-refractivity contribution in [1.29, 1.82) is 0 Å². The van der Waals surface area contributed by atoms with E-state index < -0.39 is 5.97 Å². The molecule has 0 aliphatic heterocycles. The molecule has 0 unspecified atom stereocenters. The Balaban J connectivity index is 1.60. The Morgan fingerprint density at radius 1 is 1.00 bits per heavy atom. The zero-order valence-corrected chi connectivity index (χ0v) is 17.0. The van der Waals surface area contributed by atoms with Crippen LogP contribution in [0.25, 0.3) is 10.9 Å². The molecule has 2 heterocycles. The maximum absolute atomic E-state index is 12.5. The number of ether oxygens (including phenoxy) is 1. The molecule has 0 fully saturated rings. The van der Waals surface area contributed by atoms with Crippen molar-refractivity contribution in [3.8, 4) is 11.8 Å². The second kappa shape index (κ2) is 9.10. The number of fused-ring (bicyclic) bond motifs is 1. The fraction of sp³-hybridized carbons (Fsp3) is 0.115. The molecular weight excluding hydrogens is 388 g/mol. The van der Waals surface area contributed by atoms with E-state index in [2.05, 4.69) is 16.8 Å². The average Bonchev–Trinajstić information content (AvgIpc) is 2.80. The molecular formula is C26H20N2O3. The minimum absolute atomic E-state index is 0.138. The van der Waals surface area contributed by atoms with Gasteiger partial charge in [0.25, 0.3) is 5.56 Å². The van der Waals surface area contributed by atoms with Gasteiger partial charge in [-0.05, 0) is 41.3 Å². The third kappa shape index (κ3) is 4.88. The smallest absolute Gasteiger partial charge is 0.337 e. The number of nitrogens with zero attached hydrogens (tertiary/aromatic N) is 2. The van der Waals surface area contributed by atoms with E-state index >= 15 is 0 Å². The van der Waals surface area contributed by atoms with Crippen molar-refractivity contribution >= 4 is 16.9 Å². The maximum atomic E-state index is 12.5. The van der Waals surface area contributed by atoms with E-state index in [0.29, 0.717) is 29.7 Å². The number of esters is 1. The van der Waals surface area contributed by atoms with E-state index in [1.54, 1.807) is 35.0 Å². The molecule has 5 nitrogen and oxygen atoms in total. The van der Waals surface area contributed by atoms with Gasteiger partial charge in [-0.25, -0.2) is 9.78 Å². The van der Waals surface area contributed by atoms with Gasteiger partial charge in [-0.3, -0.25) is 4.79 Å². The lowest BCUT2D eigenvalue weighted by Crippen LogP contribution is -2.19. The van der Waals surface area contributed by atoms with Crippen LogP contribution in [0.2, 0.25) is 0 Å². The van der Waals surface area contributed by atoms with E-state index in [9.17, 15) is 9.59 Å². The average molecular weight is 408 g/mol. The van der Waals surface area contributed by atoms with Gasteiger partial charge < -0.3 is 9.30 Å². The van der Waals surface area contributed by atoms with Crippen molar-refractivity contribution in [2.45, 2.75) is 13.0 Å². The van der Waals surface area contributed by atoms with Crippen molar-refractivity contribution in [2.75, 3.05) is 7.11 Å². The first-order valence-corrected chi connectivity index (χ1v) is 9.84. The van der Waals surface area contributed by atoms with Gasteiger partial charge in [0.2, 0.25) is 0 Å². The van der Waals surface area contributed by atoms with Gasteiger partial charge in [0.05, 0.1) is 24.7 Å². The Kier molecular flexibility index (Phi) is 5.91. The predicted molar refractivity (Wildman–Crippen MR) is 120 cm³/mol. The number of rotatable bonds is 4. The number of aromatic nitrogens is 2. The molecule has 0 aliphatic rings. The third-order valence-corrected chi connectivity index (χ3v) is 4.85. The summed E-state index contributed by atoms with van der Waals surface area (Å²) < 4.78 is 6.34. The summed E-state index contributed by atoms with van der Waals surface area (Å²) in [5, 5.41) is 0.762. The number of carbonyl (C=O) groups is 1. The molecule has 152 valence electrons. The quantitative estimate of drug-likeness (QED) is 0.380. The van der Waals surface area contributed by atoms with Gasteiger partial charge in [0, 0.05) is 24.1 Å². The van der Waals surface area contributed by atoms with Crippen LogP contribution in [0, 0.1) is 11.8 Å². The summed E-state index contributed by atoms with van der Waals surface area (Å²) in [5.41, 5.74) is 3.63. The first kappa shape index (κ1) is 20.1. The number of hydrogen-bond donors (Lipinski definition) is 0. The molecule has 2 aromatic heterocycles. The third-order valence-electron chi connectivity index (χ3n) is 4.85. The van der Waals surface area contributed by atoms with Crippen LogP contribution < -0.4 is 5.56 Å². The van der Waals surface area contributed by atoms with Gasteiger partial charge >= 0.3 is 5.97 Å². The lowest BCUT2D eigenvalue weighted by Gasteiger charge is -2.08. The van der Waals surface area contributed by atoms with Crippen LogP contribution in [0.15, 0.2) is 83.8 Å². The molecule has 4 aromatic rings. The fourth-order valence-electron chi connectivity index (χ4n) is 3.28. The first-order chi connectivity index (χ1) is 15.1. The van der Waals surface area contributed by atoms with E-state index in [1.165, 1.54) is 7.11 Å². The van der Waals surface area contributed by atoms with E-state index in [0.717, 1.165) is 16.5 Å². The van der Waals surface area contributed by atoms with Crippen LogP contribution in [0.4, 0.5) is 0 Å². The Hall–Kier alpha value is -4.17. The molecule has 5 heteroatoms. The Morgan fingerprint density at radius 2 is 1.81 bits per heavy atom. The SMILES string of the molecule is COC(=O)c1cccc(Cn2cc3nc(C#CCc4ccccc4)ccc3cc2=O)c1. The highest BCUT2D eigenvalue weighted by molar-refractivity contribution is 5.89. The summed E-state index contributed by atoms with van der Waals surface area (Å²) in [5.74, 6) is 5.83. The molecule has 4 rings (SSSR count). The minimum Gasteiger partial charge on any atom is -0.465 e. The molecule has 0 aliphatic carbocycles. The lowest BCUT2D eigenvalue weighted by atomic mass is 10.1. The molecule has 0 spiro atoms. The molecule has 0 saturated carbocycles. The van der Waals surface area contributed by atoms with Crippen LogP contribution in [0.5, 0.6) is 0 Å². The van der Waals surface area contributed by atoms with Gasteiger partial charge in [-0.1, -0.05) is 48.4 Å². The highest BCUT2D eigenvalue weighted by Gasteiger charge is 2.08. The van der Waals surface area contributed by atoms with Gasteiger partial charge in [0.1, 0.15) is 5.69 Å². The summed E-state index contributed by atoms with van der Waals surface area (Å²) in [4.78, 5) is 28.9. The van der Waals surface area contributed by atoms with Crippen LogP contribution in [0.1, 0.15) is 27.2 Å². The molecule has 0 saturated heterocycles. The van der Waals surface area contributed by atoms with Crippen molar-refractivity contribution < 1.29 is 9.53 Å². The van der Waals surface area contributed by atoms with Crippen molar-refractivity contribution in [3.63, 3.8) is 0 Å². The van der Waals surface area contributed by atoms with Crippen LogP contribution in [0.3, 0.4) is 0 Å². The molecule has 0 bridgehead atoms. The Morgan fingerprint density at radius 3 is 2.61 bits per heavy atom. The summed E-state index contributed by atoms with van der Waals surface area (Å²) >= 11 is 0. The molecule has 31 heavy (non-hydrogen) atoms. The Bertz CT molecular complexity index is 1360. The zero-order valence-electron chi connectivity index (χ0n) is 17.0. The van der Waals surface area contributed by atoms with Crippen LogP contribution in [-0.4, -0.2) is 22.6 Å². The number of pyridine rings is 2. The highest BCUT2D eigenvalue weighted by Crippen LogP contribution is 2.12. The summed E-state index contributed by atoms with van der Waals surface area (Å²) in [6.07, 6.45) is 2.38. The van der Waals surface area contributed by atoms with Crippen LogP contribution in [-0.2, 0) is 17.7 Å². The second-order valence-electron chi connectivity index (χ2n) is 7.07. The normalized spacial score (nSPS) is 10.4. The van der Waals surface area contributed by atoms with Gasteiger partial charge in [0.15, 0.2) is 0 Å². The number of benzene rings is 2. The molecule has 2 aromatic carbocycles. The number of hydrogen-bond acceptors (Lipinski definition) is 4. The Labute approximate surface area is 180 Å². The summed E-state index contributed by atoms with van der Waals surface area (Å²) in [6.45, 7) is 0.325. The topological polar surface area (TPSA) is 61.2 Å². The molecule has 0 N–H and O–H groups in total. The molecule has 0 atom stereocenters. The monoisotopic (exact) mass is 408 g/mol. The van der Waals surface area contributed by atoms with Gasteiger partial charge in [-0.2, -0.15) is 0 Å². The zero-order chi connectivity index (χ0) is 21.6. The van der Waals surface area contributed by atoms with Crippen molar-refractivity contribution in [3.05, 3.63) is 112 Å². The maximum Gasteiger partial charge on any atom is 0.337 e. The predicted octanol–water partition coefficient (Wildman–Crippen LogP) is 3.83. The summed E-state index contributed by atoms with van der Waals surface area (Å²) in [6, 6.07) is 22.3. The first-order valence-electron chi connectivity index (χ1n) is 9.84. The van der Waals surface area contributed by atoms with E-state index in [1.807, 2.05) is 48.5 Å². The molecule has 0 amide bonds.